The van der Waals surface area contributed by atoms with Crippen LogP contribution in [0.1, 0.15) is 11.1 Å². The predicted octanol–water partition coefficient (Wildman–Crippen LogP) is 3.76. The Hall–Kier alpha value is -4.12. The molecule has 0 spiro atoms. The molecule has 0 aliphatic rings. The molecule has 4 N–H and O–H groups in total. The van der Waals surface area contributed by atoms with Crippen LogP contribution in [0.3, 0.4) is 0 Å². The molecule has 33 heavy (non-hydrogen) atoms. The lowest BCUT2D eigenvalue weighted by atomic mass is 10.1. The normalized spacial score (nSPS) is 11.0. The average molecular weight is 474 g/mol. The number of carbonyl (C=O) groups is 2. The molecule has 0 bridgehead atoms. The molecule has 9 nitrogen and oxygen atoms in total. The van der Waals surface area contributed by atoms with Gasteiger partial charge in [-0.05, 0) is 73.5 Å². The number of rotatable bonds is 6. The summed E-state index contributed by atoms with van der Waals surface area (Å²) in [5, 5.41) is 21.1. The highest BCUT2D eigenvalue weighted by atomic mass is 32.2. The molecule has 11 heteroatoms. The monoisotopic (exact) mass is 474 g/mol. The second-order valence-electron chi connectivity index (χ2n) is 7.04. The Labute approximate surface area is 188 Å². The number of aliphatic carboxylic acids is 1. The van der Waals surface area contributed by atoms with Crippen LogP contribution < -0.4 is 14.8 Å². The summed E-state index contributed by atoms with van der Waals surface area (Å²) < 4.78 is 46.3. The van der Waals surface area contributed by atoms with Crippen molar-refractivity contribution in [3.63, 3.8) is 0 Å². The Kier molecular flexibility index (Phi) is 6.54. The predicted molar refractivity (Wildman–Crippen MR) is 118 cm³/mol. The summed E-state index contributed by atoms with van der Waals surface area (Å²) in [5.41, 5.74) is 1.25. The summed E-state index contributed by atoms with van der Waals surface area (Å²) in [6.45, 7) is 3.36. The van der Waals surface area contributed by atoms with E-state index < -0.39 is 27.7 Å². The quantitative estimate of drug-likeness (QED) is 0.315. The summed E-state index contributed by atoms with van der Waals surface area (Å²) >= 11 is 0. The van der Waals surface area contributed by atoms with Gasteiger partial charge >= 0.3 is 11.9 Å². The van der Waals surface area contributed by atoms with Crippen molar-refractivity contribution in [1.82, 2.24) is 0 Å². The Bertz CT molecular complexity index is 1320. The molecule has 3 aromatic carbocycles. The molecule has 3 aromatic rings. The lowest BCUT2D eigenvalue weighted by Crippen LogP contribution is -2.21. The van der Waals surface area contributed by atoms with Crippen LogP contribution >= 0.6 is 0 Å². The molecule has 0 aromatic heterocycles. The molecular weight excluding hydrogens is 455 g/mol. The number of hydrogen-bond acceptors (Lipinski definition) is 6. The lowest BCUT2D eigenvalue weighted by molar-refractivity contribution is -0.147. The summed E-state index contributed by atoms with van der Waals surface area (Å²) in [7, 11) is -4.10. The smallest absolute Gasteiger partial charge is 0.394 e. The topological polar surface area (TPSA) is 142 Å². The molecule has 0 saturated heterocycles. The Morgan fingerprint density at radius 1 is 0.970 bits per heavy atom. The average Bonchev–Trinajstić information content (AvgIpc) is 2.73. The number of anilines is 2. The molecule has 0 fully saturated rings. The van der Waals surface area contributed by atoms with Crippen LogP contribution in [0.25, 0.3) is 0 Å². The molecule has 0 unspecified atom stereocenters. The zero-order valence-corrected chi connectivity index (χ0v) is 18.2. The number of nitrogens with one attached hydrogen (secondary N) is 2. The van der Waals surface area contributed by atoms with E-state index in [1.807, 2.05) is 0 Å². The molecule has 0 radical (unpaired) electrons. The van der Waals surface area contributed by atoms with E-state index in [-0.39, 0.29) is 27.8 Å². The molecule has 0 aliphatic heterocycles. The number of halogens is 1. The van der Waals surface area contributed by atoms with Gasteiger partial charge in [-0.1, -0.05) is 0 Å². The Morgan fingerprint density at radius 2 is 1.58 bits per heavy atom. The first-order valence-corrected chi connectivity index (χ1v) is 10.9. The van der Waals surface area contributed by atoms with Gasteiger partial charge in [-0.2, -0.15) is 0 Å². The zero-order chi connectivity index (χ0) is 24.3. The van der Waals surface area contributed by atoms with Gasteiger partial charge in [0.25, 0.3) is 10.0 Å². The van der Waals surface area contributed by atoms with Gasteiger partial charge in [0.2, 0.25) is 0 Å². The number of carbonyl (C=O) groups excluding carboxylic acids is 1. The van der Waals surface area contributed by atoms with Gasteiger partial charge in [0.15, 0.2) is 0 Å². The Balaban J connectivity index is 1.86. The first-order valence-electron chi connectivity index (χ1n) is 9.41. The number of aryl methyl sites for hydroxylation is 2. The number of phenolic OH excluding ortho intramolecular Hbond substituents is 1. The third-order valence-electron chi connectivity index (χ3n) is 4.47. The van der Waals surface area contributed by atoms with Crippen LogP contribution in [0.4, 0.5) is 15.8 Å². The summed E-state index contributed by atoms with van der Waals surface area (Å²) in [6, 6.07) is 11.1. The number of ether oxygens (including phenoxy) is 1. The van der Waals surface area contributed by atoms with Crippen LogP contribution in [0.2, 0.25) is 0 Å². The third kappa shape index (κ3) is 5.57. The van der Waals surface area contributed by atoms with Crippen LogP contribution in [0, 0.1) is 19.7 Å². The van der Waals surface area contributed by atoms with Gasteiger partial charge in [0.1, 0.15) is 23.1 Å². The van der Waals surface area contributed by atoms with E-state index >= 15 is 0 Å². The second-order valence-corrected chi connectivity index (χ2v) is 8.72. The van der Waals surface area contributed by atoms with Gasteiger partial charge in [0.05, 0.1) is 10.6 Å². The van der Waals surface area contributed by atoms with Crippen molar-refractivity contribution in [2.45, 2.75) is 18.7 Å². The molecule has 0 atom stereocenters. The number of phenols is 1. The zero-order valence-electron chi connectivity index (χ0n) is 17.4. The summed E-state index contributed by atoms with van der Waals surface area (Å²) in [6.07, 6.45) is 0. The highest BCUT2D eigenvalue weighted by Gasteiger charge is 2.18. The van der Waals surface area contributed by atoms with Gasteiger partial charge in [-0.25, -0.2) is 17.6 Å². The number of carboxylic acids is 1. The standard InChI is InChI=1S/C22H19FN2O7S/c1-12-9-15(24-21(27)22(28)29)10-13(2)20(12)32-16-5-8-19(26)18(11-16)25-33(30,31)17-6-3-14(23)4-7-17/h3-11,25-26H,1-2H3,(H,24,27)(H,28,29). The SMILES string of the molecule is Cc1cc(NC(=O)C(=O)O)cc(C)c1Oc1ccc(O)c(NS(=O)(=O)c2ccc(F)cc2)c1. The van der Waals surface area contributed by atoms with Crippen LogP contribution in [0.5, 0.6) is 17.2 Å². The highest BCUT2D eigenvalue weighted by molar-refractivity contribution is 7.92. The maximum atomic E-state index is 13.1. The van der Waals surface area contributed by atoms with Crippen molar-refractivity contribution in [3.05, 3.63) is 71.5 Å². The van der Waals surface area contributed by atoms with E-state index in [4.69, 9.17) is 9.84 Å². The van der Waals surface area contributed by atoms with E-state index in [2.05, 4.69) is 10.0 Å². The molecule has 0 saturated carbocycles. The molecule has 172 valence electrons. The molecule has 0 aliphatic carbocycles. The minimum Gasteiger partial charge on any atom is -0.506 e. The number of benzene rings is 3. The van der Waals surface area contributed by atoms with Crippen molar-refractivity contribution < 1.29 is 37.3 Å². The van der Waals surface area contributed by atoms with E-state index in [0.717, 1.165) is 24.3 Å². The van der Waals surface area contributed by atoms with Gasteiger partial charge in [-0.15, -0.1) is 0 Å². The molecule has 0 heterocycles. The minimum absolute atomic E-state index is 0.155. The van der Waals surface area contributed by atoms with Gasteiger partial charge in [-0.3, -0.25) is 9.52 Å². The molecule has 1 amide bonds. The molecule has 3 rings (SSSR count). The van der Waals surface area contributed by atoms with Crippen LogP contribution in [-0.2, 0) is 19.6 Å². The van der Waals surface area contributed by atoms with Crippen LogP contribution in [0.15, 0.2) is 59.5 Å². The van der Waals surface area contributed by atoms with Crippen molar-refractivity contribution in [2.24, 2.45) is 0 Å². The molecular formula is C22H19FN2O7S. The first-order chi connectivity index (χ1) is 15.5. The van der Waals surface area contributed by atoms with Crippen molar-refractivity contribution in [3.8, 4) is 17.2 Å². The fourth-order valence-electron chi connectivity index (χ4n) is 2.96. The fourth-order valence-corrected chi connectivity index (χ4v) is 4.03. The van der Waals surface area contributed by atoms with Crippen molar-refractivity contribution in [2.75, 3.05) is 10.0 Å². The minimum atomic E-state index is -4.10. The maximum absolute atomic E-state index is 13.1. The van der Waals surface area contributed by atoms with E-state index in [0.29, 0.717) is 16.9 Å². The third-order valence-corrected chi connectivity index (χ3v) is 5.85. The number of hydrogen-bond donors (Lipinski definition) is 4. The van der Waals surface area contributed by atoms with Crippen molar-refractivity contribution >= 4 is 33.3 Å². The number of sulfonamides is 1. The first kappa shape index (κ1) is 23.5. The van der Waals surface area contributed by atoms with Crippen LogP contribution in [-0.4, -0.2) is 30.5 Å². The maximum Gasteiger partial charge on any atom is 0.394 e. The number of aromatic hydroxyl groups is 1. The van der Waals surface area contributed by atoms with E-state index in [9.17, 15) is 27.5 Å². The largest absolute Gasteiger partial charge is 0.506 e. The number of carboxylic acid groups (broad SMARTS) is 1. The van der Waals surface area contributed by atoms with E-state index in [1.165, 1.54) is 30.3 Å². The van der Waals surface area contributed by atoms with E-state index in [1.54, 1.807) is 13.8 Å². The Morgan fingerprint density at radius 3 is 2.15 bits per heavy atom. The summed E-state index contributed by atoms with van der Waals surface area (Å²) in [5.74, 6) is -3.16. The second kappa shape index (κ2) is 9.17. The summed E-state index contributed by atoms with van der Waals surface area (Å²) in [4.78, 5) is 21.9. The lowest BCUT2D eigenvalue weighted by Gasteiger charge is -2.16. The fraction of sp³-hybridized carbons (Fsp3) is 0.0909. The highest BCUT2D eigenvalue weighted by Crippen LogP contribution is 2.35. The number of amides is 1. The van der Waals surface area contributed by atoms with Crippen molar-refractivity contribution in [1.29, 1.82) is 0 Å². The van der Waals surface area contributed by atoms with Gasteiger partial charge < -0.3 is 20.3 Å². The van der Waals surface area contributed by atoms with Gasteiger partial charge in [0, 0.05) is 11.8 Å².